The fourth-order valence-corrected chi connectivity index (χ4v) is 3.16. The van der Waals surface area contributed by atoms with E-state index in [1.54, 1.807) is 0 Å². The molecule has 0 atom stereocenters. The van der Waals surface area contributed by atoms with Gasteiger partial charge in [-0.2, -0.15) is 0 Å². The number of amides is 1. The number of aromatic nitrogens is 2. The number of carbonyl (C=O) groups is 1. The first-order valence-corrected chi connectivity index (χ1v) is 9.40. The summed E-state index contributed by atoms with van der Waals surface area (Å²) < 4.78 is 0. The Balaban J connectivity index is 1.59. The first-order chi connectivity index (χ1) is 14.3. The molecule has 0 radical (unpaired) electrons. The SMILES string of the molecule is Cc1nc(NCCNC(=O)c2cc([N+](=O)[O-])cc([N+](=O)[O-])c2)cc(N2CCCC2)n1. The van der Waals surface area contributed by atoms with Crippen molar-refractivity contribution in [3.63, 3.8) is 0 Å². The van der Waals surface area contributed by atoms with Gasteiger partial charge in [0.1, 0.15) is 17.5 Å². The molecule has 1 aliphatic rings. The van der Waals surface area contributed by atoms with Crippen molar-refractivity contribution in [1.82, 2.24) is 15.3 Å². The number of nitro benzene ring substituents is 2. The number of nitrogens with zero attached hydrogens (tertiary/aromatic N) is 5. The molecule has 1 aromatic heterocycles. The Morgan fingerprint density at radius 2 is 1.67 bits per heavy atom. The van der Waals surface area contributed by atoms with Crippen molar-refractivity contribution in [3.8, 4) is 0 Å². The van der Waals surface area contributed by atoms with E-state index in [1.165, 1.54) is 0 Å². The second kappa shape index (κ2) is 9.11. The van der Waals surface area contributed by atoms with Crippen LogP contribution in [0.3, 0.4) is 0 Å². The molecule has 0 unspecified atom stereocenters. The molecule has 0 saturated carbocycles. The number of rotatable bonds is 8. The van der Waals surface area contributed by atoms with Crippen LogP contribution in [-0.2, 0) is 0 Å². The van der Waals surface area contributed by atoms with E-state index in [1.807, 2.05) is 13.0 Å². The van der Waals surface area contributed by atoms with Crippen molar-refractivity contribution in [2.45, 2.75) is 19.8 Å². The average molecular weight is 415 g/mol. The van der Waals surface area contributed by atoms with Crippen LogP contribution in [0.1, 0.15) is 29.0 Å². The molecule has 12 heteroatoms. The van der Waals surface area contributed by atoms with Crippen LogP contribution in [0.15, 0.2) is 24.3 Å². The largest absolute Gasteiger partial charge is 0.368 e. The minimum absolute atomic E-state index is 0.148. The van der Waals surface area contributed by atoms with Gasteiger partial charge in [0.25, 0.3) is 17.3 Å². The maximum absolute atomic E-state index is 12.3. The Hall–Kier alpha value is -3.83. The van der Waals surface area contributed by atoms with Crippen LogP contribution >= 0.6 is 0 Å². The van der Waals surface area contributed by atoms with E-state index in [4.69, 9.17) is 0 Å². The van der Waals surface area contributed by atoms with Gasteiger partial charge in [-0.15, -0.1) is 0 Å². The second-order valence-electron chi connectivity index (χ2n) is 6.79. The lowest BCUT2D eigenvalue weighted by Gasteiger charge is -2.17. The number of carbonyl (C=O) groups excluding carboxylic acids is 1. The molecule has 2 heterocycles. The summed E-state index contributed by atoms with van der Waals surface area (Å²) in [5, 5.41) is 27.6. The molecule has 2 N–H and O–H groups in total. The molecular weight excluding hydrogens is 394 g/mol. The lowest BCUT2D eigenvalue weighted by Crippen LogP contribution is -2.29. The quantitative estimate of drug-likeness (QED) is 0.374. The number of hydrogen-bond donors (Lipinski definition) is 2. The van der Waals surface area contributed by atoms with Gasteiger partial charge >= 0.3 is 0 Å². The van der Waals surface area contributed by atoms with Crippen LogP contribution in [0, 0.1) is 27.2 Å². The lowest BCUT2D eigenvalue weighted by atomic mass is 10.1. The Morgan fingerprint density at radius 1 is 1.03 bits per heavy atom. The van der Waals surface area contributed by atoms with E-state index in [0.29, 0.717) is 18.2 Å². The Labute approximate surface area is 171 Å². The van der Waals surface area contributed by atoms with Gasteiger partial charge < -0.3 is 15.5 Å². The topological polar surface area (TPSA) is 156 Å². The Bertz CT molecular complexity index is 943. The van der Waals surface area contributed by atoms with E-state index in [-0.39, 0.29) is 12.1 Å². The monoisotopic (exact) mass is 415 g/mol. The van der Waals surface area contributed by atoms with Crippen molar-refractivity contribution in [2.75, 3.05) is 36.4 Å². The molecule has 0 aliphatic carbocycles. The average Bonchev–Trinajstić information content (AvgIpc) is 3.25. The molecule has 12 nitrogen and oxygen atoms in total. The molecular formula is C18H21N7O5. The zero-order chi connectivity index (χ0) is 21.7. The molecule has 2 aromatic rings. The predicted molar refractivity (Wildman–Crippen MR) is 109 cm³/mol. The summed E-state index contributed by atoms with van der Waals surface area (Å²) in [6, 6.07) is 4.68. The minimum Gasteiger partial charge on any atom is -0.368 e. The predicted octanol–water partition coefficient (Wildman–Crippen LogP) is 2.04. The highest BCUT2D eigenvalue weighted by Gasteiger charge is 2.20. The maximum atomic E-state index is 12.3. The smallest absolute Gasteiger partial charge is 0.277 e. The lowest BCUT2D eigenvalue weighted by molar-refractivity contribution is -0.394. The van der Waals surface area contributed by atoms with Crippen LogP contribution in [0.5, 0.6) is 0 Å². The summed E-state index contributed by atoms with van der Waals surface area (Å²) in [6.07, 6.45) is 2.27. The molecule has 158 valence electrons. The zero-order valence-corrected chi connectivity index (χ0v) is 16.3. The third kappa shape index (κ3) is 5.16. The van der Waals surface area contributed by atoms with Crippen LogP contribution in [0.4, 0.5) is 23.0 Å². The van der Waals surface area contributed by atoms with Gasteiger partial charge in [-0.1, -0.05) is 0 Å². The number of aryl methyl sites for hydroxylation is 1. The highest BCUT2D eigenvalue weighted by atomic mass is 16.6. The summed E-state index contributed by atoms with van der Waals surface area (Å²) in [4.78, 5) is 43.6. The van der Waals surface area contributed by atoms with Gasteiger partial charge in [-0.05, 0) is 19.8 Å². The van der Waals surface area contributed by atoms with Gasteiger partial charge in [0, 0.05) is 44.4 Å². The van der Waals surface area contributed by atoms with E-state index >= 15 is 0 Å². The van der Waals surface area contributed by atoms with Crippen molar-refractivity contribution >= 4 is 28.9 Å². The molecule has 0 spiro atoms. The first kappa shape index (κ1) is 20.9. The summed E-state index contributed by atoms with van der Waals surface area (Å²) in [6.45, 7) is 4.26. The molecule has 1 aromatic carbocycles. The number of anilines is 2. The third-order valence-corrected chi connectivity index (χ3v) is 4.56. The molecule has 1 fully saturated rings. The van der Waals surface area contributed by atoms with Gasteiger partial charge in [0.2, 0.25) is 0 Å². The summed E-state index contributed by atoms with van der Waals surface area (Å²) >= 11 is 0. The molecule has 0 bridgehead atoms. The molecule has 1 amide bonds. The standard InChI is InChI=1S/C18H21N7O5/c1-12-21-16(11-17(22-12)23-6-2-3-7-23)19-4-5-20-18(26)13-8-14(24(27)28)10-15(9-13)25(29)30/h8-11H,2-7H2,1H3,(H,20,26)(H,19,21,22). The number of non-ortho nitro benzene ring substituents is 2. The van der Waals surface area contributed by atoms with E-state index in [9.17, 15) is 25.0 Å². The van der Waals surface area contributed by atoms with Crippen molar-refractivity contribution in [1.29, 1.82) is 0 Å². The van der Waals surface area contributed by atoms with Crippen molar-refractivity contribution < 1.29 is 14.6 Å². The fraction of sp³-hybridized carbons (Fsp3) is 0.389. The number of hydrogen-bond acceptors (Lipinski definition) is 9. The van der Waals surface area contributed by atoms with Crippen molar-refractivity contribution in [2.24, 2.45) is 0 Å². The third-order valence-electron chi connectivity index (χ3n) is 4.56. The zero-order valence-electron chi connectivity index (χ0n) is 16.3. The van der Waals surface area contributed by atoms with E-state index in [2.05, 4.69) is 25.5 Å². The van der Waals surface area contributed by atoms with Crippen LogP contribution in [-0.4, -0.2) is 51.9 Å². The van der Waals surface area contributed by atoms with Crippen LogP contribution < -0.4 is 15.5 Å². The minimum atomic E-state index is -0.777. The highest BCUT2D eigenvalue weighted by molar-refractivity contribution is 5.95. The summed E-state index contributed by atoms with van der Waals surface area (Å²) in [5.41, 5.74) is -1.18. The second-order valence-corrected chi connectivity index (χ2v) is 6.79. The van der Waals surface area contributed by atoms with Gasteiger partial charge in [0.15, 0.2) is 0 Å². The first-order valence-electron chi connectivity index (χ1n) is 9.40. The normalized spacial score (nSPS) is 13.2. The van der Waals surface area contributed by atoms with E-state index < -0.39 is 27.1 Å². The molecule has 1 saturated heterocycles. The Kier molecular flexibility index (Phi) is 6.35. The maximum Gasteiger partial charge on any atom is 0.277 e. The fourth-order valence-electron chi connectivity index (χ4n) is 3.16. The number of benzene rings is 1. The van der Waals surface area contributed by atoms with Gasteiger partial charge in [-0.25, -0.2) is 9.97 Å². The molecule has 3 rings (SSSR count). The number of nitro groups is 2. The number of nitrogens with one attached hydrogen (secondary N) is 2. The highest BCUT2D eigenvalue weighted by Crippen LogP contribution is 2.23. The van der Waals surface area contributed by atoms with Gasteiger partial charge in [-0.3, -0.25) is 25.0 Å². The summed E-state index contributed by atoms with van der Waals surface area (Å²) in [7, 11) is 0. The van der Waals surface area contributed by atoms with E-state index in [0.717, 1.165) is 49.9 Å². The van der Waals surface area contributed by atoms with Gasteiger partial charge in [0.05, 0.1) is 21.5 Å². The molecule has 30 heavy (non-hydrogen) atoms. The van der Waals surface area contributed by atoms with Crippen LogP contribution in [0.25, 0.3) is 0 Å². The van der Waals surface area contributed by atoms with Crippen LogP contribution in [0.2, 0.25) is 0 Å². The Morgan fingerprint density at radius 3 is 2.27 bits per heavy atom. The summed E-state index contributed by atoms with van der Waals surface area (Å²) in [5.74, 6) is 1.48. The molecule has 1 aliphatic heterocycles. The van der Waals surface area contributed by atoms with Crippen molar-refractivity contribution in [3.05, 3.63) is 55.9 Å².